The fourth-order valence-electron chi connectivity index (χ4n) is 4.13. The van der Waals surface area contributed by atoms with Crippen LogP contribution in [-0.2, 0) is 12.6 Å². The number of hydrogen-bond acceptors (Lipinski definition) is 7. The molecular weight excluding hydrogens is 516 g/mol. The van der Waals surface area contributed by atoms with E-state index in [1.54, 1.807) is 6.92 Å². The van der Waals surface area contributed by atoms with Gasteiger partial charge in [-0.15, -0.1) is 8.78 Å². The number of aliphatic hydroxyl groups excluding tert-OH is 1. The summed E-state index contributed by atoms with van der Waals surface area (Å²) >= 11 is 0.762. The number of rotatable bonds is 5. The molecule has 2 aliphatic rings. The van der Waals surface area contributed by atoms with Gasteiger partial charge in [-0.05, 0) is 32.3 Å². The molecule has 0 saturated carbocycles. The van der Waals surface area contributed by atoms with Gasteiger partial charge in [0.25, 0.3) is 0 Å². The van der Waals surface area contributed by atoms with Crippen LogP contribution in [0, 0.1) is 5.82 Å². The van der Waals surface area contributed by atoms with Gasteiger partial charge in [0.05, 0.1) is 47.2 Å². The van der Waals surface area contributed by atoms with Gasteiger partial charge in [0.2, 0.25) is 0 Å². The number of halogens is 6. The smallest absolute Gasteiger partial charge is 0.423 e. The van der Waals surface area contributed by atoms with E-state index in [1.807, 2.05) is 0 Å². The molecule has 36 heavy (non-hydrogen) atoms. The highest BCUT2D eigenvalue weighted by molar-refractivity contribution is 7.95. The van der Waals surface area contributed by atoms with Crippen molar-refractivity contribution in [3.8, 4) is 22.9 Å². The van der Waals surface area contributed by atoms with Crippen molar-refractivity contribution >= 4 is 12.0 Å². The summed E-state index contributed by atoms with van der Waals surface area (Å²) in [7, 11) is 0. The van der Waals surface area contributed by atoms with Crippen LogP contribution in [0.2, 0.25) is 0 Å². The van der Waals surface area contributed by atoms with Crippen molar-refractivity contribution in [2.45, 2.75) is 50.0 Å². The van der Waals surface area contributed by atoms with Crippen molar-refractivity contribution < 1.29 is 45.1 Å². The van der Waals surface area contributed by atoms with Gasteiger partial charge in [0.1, 0.15) is 5.82 Å². The van der Waals surface area contributed by atoms with Crippen LogP contribution >= 0.6 is 12.0 Å². The SMILES string of the molecule is C[C@H](SOc1cncc(-n2nc(C(F)(F)F)c3c2[C@H](O)CCC3)c1)c1cc2c(cc1F)OC(F)(F)O2. The third-order valence-corrected chi connectivity index (χ3v) is 6.53. The summed E-state index contributed by atoms with van der Waals surface area (Å²) in [5, 5.41) is 13.4. The maximum atomic E-state index is 14.5. The zero-order chi connectivity index (χ0) is 25.8. The zero-order valence-electron chi connectivity index (χ0n) is 18.4. The van der Waals surface area contributed by atoms with E-state index >= 15 is 0 Å². The first-order chi connectivity index (χ1) is 16.9. The second kappa shape index (κ2) is 8.76. The Kier molecular flexibility index (Phi) is 5.98. The molecule has 0 unspecified atom stereocenters. The number of nitrogens with zero attached hydrogens (tertiary/aromatic N) is 3. The number of fused-ring (bicyclic) bond motifs is 2. The standard InChI is InChI=1S/C22H17F6N3O4S/c1-10(14-6-17-18(7-15(14)23)34-22(27,28)33-17)36-35-12-5-11(8-29-9-12)31-19-13(3-2-4-16(19)32)20(30-31)21(24,25)26/h5-10,16,32H,2-4H2,1H3/t10-,16+/m0/s1. The van der Waals surface area contributed by atoms with Gasteiger partial charge >= 0.3 is 12.5 Å². The Labute approximate surface area is 204 Å². The predicted octanol–water partition coefficient (Wildman–Crippen LogP) is 5.90. The van der Waals surface area contributed by atoms with Crippen molar-refractivity contribution in [2.24, 2.45) is 0 Å². The lowest BCUT2D eigenvalue weighted by Crippen LogP contribution is -2.25. The van der Waals surface area contributed by atoms with Gasteiger partial charge in [-0.25, -0.2) is 9.07 Å². The van der Waals surface area contributed by atoms with Crippen molar-refractivity contribution in [2.75, 3.05) is 0 Å². The van der Waals surface area contributed by atoms with Crippen molar-refractivity contribution in [1.82, 2.24) is 14.8 Å². The van der Waals surface area contributed by atoms with Gasteiger partial charge in [-0.3, -0.25) is 4.98 Å². The first kappa shape index (κ1) is 24.6. The first-order valence-electron chi connectivity index (χ1n) is 10.7. The van der Waals surface area contributed by atoms with E-state index in [0.717, 1.165) is 28.9 Å². The molecule has 14 heteroatoms. The molecule has 0 spiro atoms. The fraction of sp³-hybridized carbons (Fsp3) is 0.364. The van der Waals surface area contributed by atoms with E-state index in [-0.39, 0.29) is 40.4 Å². The molecular formula is C22H17F6N3O4S. The fourth-order valence-corrected chi connectivity index (χ4v) is 4.76. The van der Waals surface area contributed by atoms with Crippen LogP contribution in [0.4, 0.5) is 26.3 Å². The summed E-state index contributed by atoms with van der Waals surface area (Å²) in [5.41, 5.74) is -0.935. The molecule has 0 fully saturated rings. The Balaban J connectivity index is 1.38. The van der Waals surface area contributed by atoms with Crippen LogP contribution < -0.4 is 13.7 Å². The molecule has 7 nitrogen and oxygen atoms in total. The molecule has 0 radical (unpaired) electrons. The van der Waals surface area contributed by atoms with Crippen molar-refractivity contribution in [1.29, 1.82) is 0 Å². The normalized spacial score (nSPS) is 19.2. The summed E-state index contributed by atoms with van der Waals surface area (Å²) < 4.78 is 96.8. The molecule has 3 aromatic rings. The second-order valence-corrected chi connectivity index (χ2v) is 9.28. The summed E-state index contributed by atoms with van der Waals surface area (Å²) in [6.45, 7) is 1.55. The number of aliphatic hydroxyl groups is 1. The minimum absolute atomic E-state index is 0.00301. The Morgan fingerprint density at radius 3 is 2.64 bits per heavy atom. The Morgan fingerprint density at radius 1 is 1.19 bits per heavy atom. The van der Waals surface area contributed by atoms with E-state index < -0.39 is 41.1 Å². The quantitative estimate of drug-likeness (QED) is 0.323. The van der Waals surface area contributed by atoms with Gasteiger partial charge in [-0.2, -0.15) is 18.3 Å². The maximum absolute atomic E-state index is 14.5. The lowest BCUT2D eigenvalue weighted by molar-refractivity contribution is -0.286. The molecule has 0 bridgehead atoms. The van der Waals surface area contributed by atoms with E-state index in [4.69, 9.17) is 4.18 Å². The molecule has 2 aromatic heterocycles. The molecule has 2 atom stereocenters. The van der Waals surface area contributed by atoms with Gasteiger partial charge in [0, 0.05) is 23.3 Å². The molecule has 3 heterocycles. The number of ether oxygens (including phenoxy) is 2. The van der Waals surface area contributed by atoms with Crippen LogP contribution in [0.5, 0.6) is 17.2 Å². The van der Waals surface area contributed by atoms with E-state index in [0.29, 0.717) is 12.8 Å². The molecule has 0 amide bonds. The molecule has 1 aliphatic heterocycles. The number of hydrogen-bond donors (Lipinski definition) is 1. The molecule has 192 valence electrons. The second-order valence-electron chi connectivity index (χ2n) is 8.22. The van der Waals surface area contributed by atoms with E-state index in [1.165, 1.54) is 18.5 Å². The summed E-state index contributed by atoms with van der Waals surface area (Å²) in [6, 6.07) is 3.24. The highest BCUT2D eigenvalue weighted by Gasteiger charge is 2.44. The average Bonchev–Trinajstić information content (AvgIpc) is 3.34. The summed E-state index contributed by atoms with van der Waals surface area (Å²) in [4.78, 5) is 3.98. The molecule has 1 aromatic carbocycles. The largest absolute Gasteiger partial charge is 0.586 e. The molecule has 1 aliphatic carbocycles. The molecule has 1 N–H and O–H groups in total. The maximum Gasteiger partial charge on any atom is 0.586 e. The van der Waals surface area contributed by atoms with E-state index in [9.17, 15) is 31.4 Å². The van der Waals surface area contributed by atoms with Crippen LogP contribution in [0.15, 0.2) is 30.6 Å². The van der Waals surface area contributed by atoms with Crippen LogP contribution in [0.1, 0.15) is 53.6 Å². The Bertz CT molecular complexity index is 1320. The monoisotopic (exact) mass is 533 g/mol. The summed E-state index contributed by atoms with van der Waals surface area (Å²) in [6.07, 6.45) is -6.34. The van der Waals surface area contributed by atoms with Crippen molar-refractivity contribution in [3.63, 3.8) is 0 Å². The third-order valence-electron chi connectivity index (χ3n) is 5.70. The van der Waals surface area contributed by atoms with E-state index in [2.05, 4.69) is 19.6 Å². The third kappa shape index (κ3) is 4.54. The number of benzene rings is 1. The van der Waals surface area contributed by atoms with Crippen molar-refractivity contribution in [3.05, 3.63) is 58.9 Å². The Morgan fingerprint density at radius 2 is 1.92 bits per heavy atom. The van der Waals surface area contributed by atoms with Gasteiger partial charge < -0.3 is 18.8 Å². The minimum atomic E-state index is -4.70. The van der Waals surface area contributed by atoms with Gasteiger partial charge in [-0.1, -0.05) is 0 Å². The number of pyridine rings is 1. The Hall–Kier alpha value is -3.13. The topological polar surface area (TPSA) is 78.6 Å². The first-order valence-corrected chi connectivity index (χ1v) is 11.5. The van der Waals surface area contributed by atoms with Crippen LogP contribution in [-0.4, -0.2) is 26.2 Å². The minimum Gasteiger partial charge on any atom is -0.423 e. The molecule has 5 rings (SSSR count). The van der Waals surface area contributed by atoms with Gasteiger partial charge in [0.15, 0.2) is 22.9 Å². The van der Waals surface area contributed by atoms with Crippen LogP contribution in [0.3, 0.4) is 0 Å². The predicted molar refractivity (Wildman–Crippen MR) is 113 cm³/mol. The molecule has 0 saturated heterocycles. The lowest BCUT2D eigenvalue weighted by Gasteiger charge is -2.20. The van der Waals surface area contributed by atoms with Crippen LogP contribution in [0.25, 0.3) is 5.69 Å². The average molecular weight is 533 g/mol. The number of alkyl halides is 5. The number of aromatic nitrogens is 3. The highest BCUT2D eigenvalue weighted by atomic mass is 32.2. The summed E-state index contributed by atoms with van der Waals surface area (Å²) in [5.74, 6) is -1.46. The highest BCUT2D eigenvalue weighted by Crippen LogP contribution is 2.45. The zero-order valence-corrected chi connectivity index (χ0v) is 19.2. The lowest BCUT2D eigenvalue weighted by atomic mass is 9.93.